The Morgan fingerprint density at radius 1 is 1.39 bits per heavy atom. The van der Waals surface area contributed by atoms with Crippen LogP contribution in [0.15, 0.2) is 42.7 Å². The lowest BCUT2D eigenvalue weighted by Crippen LogP contribution is -2.46. The van der Waals surface area contributed by atoms with Crippen molar-refractivity contribution in [3.8, 4) is 5.69 Å². The Bertz CT molecular complexity index is 637. The van der Waals surface area contributed by atoms with Crippen molar-refractivity contribution in [3.63, 3.8) is 0 Å². The molecular weight excluding hydrogens is 288 g/mol. The zero-order valence-corrected chi connectivity index (χ0v) is 13.5. The fourth-order valence-corrected chi connectivity index (χ4v) is 3.03. The number of benzene rings is 1. The van der Waals surface area contributed by atoms with Gasteiger partial charge in [0.15, 0.2) is 0 Å². The zero-order chi connectivity index (χ0) is 16.1. The molecule has 0 radical (unpaired) electrons. The lowest BCUT2D eigenvalue weighted by Gasteiger charge is -2.28. The summed E-state index contributed by atoms with van der Waals surface area (Å²) in [7, 11) is 0. The molecule has 122 valence electrons. The first-order valence-corrected chi connectivity index (χ1v) is 8.32. The first-order chi connectivity index (χ1) is 11.2. The predicted octanol–water partition coefficient (Wildman–Crippen LogP) is 2.06. The third-order valence-corrected chi connectivity index (χ3v) is 4.29. The molecule has 1 aromatic carbocycles. The minimum atomic E-state index is 0.136. The van der Waals surface area contributed by atoms with E-state index in [1.54, 1.807) is 0 Å². The lowest BCUT2D eigenvalue weighted by molar-refractivity contribution is -0.122. The maximum Gasteiger partial charge on any atom is 0.220 e. The fraction of sp³-hybridized carbons (Fsp3) is 0.444. The highest BCUT2D eigenvalue weighted by molar-refractivity contribution is 5.76. The Balaban J connectivity index is 1.48. The number of nitrogens with one attached hydrogen (secondary N) is 2. The highest BCUT2D eigenvalue weighted by Gasteiger charge is 2.19. The number of para-hydroxylation sites is 1. The second kappa shape index (κ2) is 7.42. The van der Waals surface area contributed by atoms with Crippen molar-refractivity contribution in [1.29, 1.82) is 0 Å². The molecule has 2 atom stereocenters. The molecule has 2 N–H and O–H groups in total. The topological polar surface area (TPSA) is 59.0 Å². The number of aromatic nitrogens is 2. The molecule has 5 heteroatoms. The number of nitrogens with zero attached hydrogens (tertiary/aromatic N) is 2. The molecule has 23 heavy (non-hydrogen) atoms. The van der Waals surface area contributed by atoms with Crippen LogP contribution in [0.2, 0.25) is 0 Å². The van der Waals surface area contributed by atoms with Gasteiger partial charge in [0, 0.05) is 24.7 Å². The van der Waals surface area contributed by atoms with Crippen LogP contribution in [0, 0.1) is 0 Å². The summed E-state index contributed by atoms with van der Waals surface area (Å²) in [5.74, 6) is 0.136. The molecule has 5 nitrogen and oxygen atoms in total. The molecule has 1 aromatic heterocycles. The Kier molecular flexibility index (Phi) is 5.08. The van der Waals surface area contributed by atoms with E-state index in [9.17, 15) is 4.79 Å². The van der Waals surface area contributed by atoms with Gasteiger partial charge in [0.2, 0.25) is 5.91 Å². The number of hydrogen-bond donors (Lipinski definition) is 2. The van der Waals surface area contributed by atoms with Gasteiger partial charge in [-0.3, -0.25) is 4.79 Å². The van der Waals surface area contributed by atoms with Gasteiger partial charge in [-0.25, -0.2) is 4.68 Å². The van der Waals surface area contributed by atoms with Crippen LogP contribution in [0.25, 0.3) is 5.69 Å². The van der Waals surface area contributed by atoms with Gasteiger partial charge in [-0.15, -0.1) is 0 Å². The van der Waals surface area contributed by atoms with Crippen molar-refractivity contribution >= 4 is 5.91 Å². The van der Waals surface area contributed by atoms with E-state index >= 15 is 0 Å². The molecule has 3 rings (SSSR count). The quantitative estimate of drug-likeness (QED) is 0.888. The highest BCUT2D eigenvalue weighted by atomic mass is 16.1. The van der Waals surface area contributed by atoms with Gasteiger partial charge in [0.05, 0.1) is 11.9 Å². The standard InChI is InChI=1S/C18H24N4O/c1-14-11-16(9-10-19-14)21-18(23)8-7-15-12-20-22(13-15)17-5-3-2-4-6-17/h2-6,12-14,16,19H,7-11H2,1H3,(H,21,23). The van der Waals surface area contributed by atoms with Crippen molar-refractivity contribution in [2.24, 2.45) is 0 Å². The first kappa shape index (κ1) is 15.7. The molecule has 1 amide bonds. The van der Waals surface area contributed by atoms with E-state index in [-0.39, 0.29) is 5.91 Å². The molecular formula is C18H24N4O. The second-order valence-corrected chi connectivity index (χ2v) is 6.27. The predicted molar refractivity (Wildman–Crippen MR) is 90.5 cm³/mol. The van der Waals surface area contributed by atoms with Crippen molar-refractivity contribution < 1.29 is 4.79 Å². The van der Waals surface area contributed by atoms with Gasteiger partial charge in [0.25, 0.3) is 0 Å². The molecule has 1 fully saturated rings. The van der Waals surface area contributed by atoms with E-state index in [0.717, 1.165) is 37.1 Å². The highest BCUT2D eigenvalue weighted by Crippen LogP contribution is 2.11. The molecule has 0 saturated carbocycles. The molecule has 0 bridgehead atoms. The van der Waals surface area contributed by atoms with Crippen LogP contribution >= 0.6 is 0 Å². The van der Waals surface area contributed by atoms with Gasteiger partial charge >= 0.3 is 0 Å². The van der Waals surface area contributed by atoms with Gasteiger partial charge in [0.1, 0.15) is 0 Å². The van der Waals surface area contributed by atoms with E-state index in [1.165, 1.54) is 0 Å². The van der Waals surface area contributed by atoms with E-state index in [2.05, 4.69) is 22.7 Å². The molecule has 0 aliphatic carbocycles. The summed E-state index contributed by atoms with van der Waals surface area (Å²) in [6, 6.07) is 10.8. The van der Waals surface area contributed by atoms with Gasteiger partial charge in [-0.1, -0.05) is 18.2 Å². The van der Waals surface area contributed by atoms with E-state index in [0.29, 0.717) is 18.5 Å². The number of carbonyl (C=O) groups excluding carboxylic acids is 1. The Hall–Kier alpha value is -2.14. The maximum atomic E-state index is 12.1. The summed E-state index contributed by atoms with van der Waals surface area (Å²) < 4.78 is 1.85. The van der Waals surface area contributed by atoms with Crippen LogP contribution in [-0.4, -0.2) is 34.3 Å². The summed E-state index contributed by atoms with van der Waals surface area (Å²) in [4.78, 5) is 12.1. The number of amides is 1. The molecule has 2 aromatic rings. The summed E-state index contributed by atoms with van der Waals surface area (Å²) in [6.07, 6.45) is 7.10. The van der Waals surface area contributed by atoms with Gasteiger partial charge < -0.3 is 10.6 Å². The Labute approximate surface area is 137 Å². The summed E-state index contributed by atoms with van der Waals surface area (Å²) >= 11 is 0. The van der Waals surface area contributed by atoms with Crippen molar-refractivity contribution in [2.75, 3.05) is 6.54 Å². The van der Waals surface area contributed by atoms with Crippen LogP contribution in [0.5, 0.6) is 0 Å². The van der Waals surface area contributed by atoms with E-state index in [1.807, 2.05) is 47.4 Å². The van der Waals surface area contributed by atoms with Crippen molar-refractivity contribution in [2.45, 2.75) is 44.7 Å². The molecule has 1 aliphatic rings. The molecule has 0 spiro atoms. The minimum absolute atomic E-state index is 0.136. The monoisotopic (exact) mass is 312 g/mol. The zero-order valence-electron chi connectivity index (χ0n) is 13.5. The third kappa shape index (κ3) is 4.42. The number of piperidine rings is 1. The maximum absolute atomic E-state index is 12.1. The number of rotatable bonds is 5. The molecule has 2 unspecified atom stereocenters. The molecule has 1 aliphatic heterocycles. The normalized spacial score (nSPS) is 21.1. The van der Waals surface area contributed by atoms with Crippen molar-refractivity contribution in [1.82, 2.24) is 20.4 Å². The smallest absolute Gasteiger partial charge is 0.220 e. The van der Waals surface area contributed by atoms with Crippen LogP contribution in [-0.2, 0) is 11.2 Å². The van der Waals surface area contributed by atoms with E-state index < -0.39 is 0 Å². The van der Waals surface area contributed by atoms with Crippen LogP contribution in [0.4, 0.5) is 0 Å². The summed E-state index contributed by atoms with van der Waals surface area (Å²) in [6.45, 7) is 3.15. The Morgan fingerprint density at radius 2 is 2.22 bits per heavy atom. The average molecular weight is 312 g/mol. The van der Waals surface area contributed by atoms with Gasteiger partial charge in [-0.05, 0) is 50.4 Å². The second-order valence-electron chi connectivity index (χ2n) is 6.27. The number of aryl methyl sites for hydroxylation is 1. The minimum Gasteiger partial charge on any atom is -0.353 e. The molecule has 1 saturated heterocycles. The third-order valence-electron chi connectivity index (χ3n) is 4.29. The summed E-state index contributed by atoms with van der Waals surface area (Å²) in [5, 5.41) is 10.9. The van der Waals surface area contributed by atoms with Crippen LogP contribution in [0.1, 0.15) is 31.7 Å². The lowest BCUT2D eigenvalue weighted by atomic mass is 10.0. The summed E-state index contributed by atoms with van der Waals surface area (Å²) in [5.41, 5.74) is 2.12. The largest absolute Gasteiger partial charge is 0.353 e. The van der Waals surface area contributed by atoms with Gasteiger partial charge in [-0.2, -0.15) is 5.10 Å². The number of hydrogen-bond acceptors (Lipinski definition) is 3. The number of carbonyl (C=O) groups is 1. The first-order valence-electron chi connectivity index (χ1n) is 8.32. The average Bonchev–Trinajstić information content (AvgIpc) is 3.03. The SMILES string of the molecule is CC1CC(NC(=O)CCc2cnn(-c3ccccc3)c2)CCN1. The van der Waals surface area contributed by atoms with Crippen molar-refractivity contribution in [3.05, 3.63) is 48.3 Å². The van der Waals surface area contributed by atoms with Crippen LogP contribution < -0.4 is 10.6 Å². The van der Waals surface area contributed by atoms with E-state index in [4.69, 9.17) is 0 Å². The fourth-order valence-electron chi connectivity index (χ4n) is 3.03. The molecule has 2 heterocycles. The Morgan fingerprint density at radius 3 is 3.00 bits per heavy atom. The van der Waals surface area contributed by atoms with Crippen LogP contribution in [0.3, 0.4) is 0 Å².